The number of hydrogen-bond acceptors (Lipinski definition) is 2. The molecular weight excluding hydrogens is 298 g/mol. The highest BCUT2D eigenvalue weighted by atomic mass is 16.5. The molecule has 1 aliphatic rings. The molecule has 1 unspecified atom stereocenters. The number of para-hydroxylation sites is 1. The van der Waals surface area contributed by atoms with Crippen molar-refractivity contribution in [1.82, 2.24) is 5.32 Å². The Balaban J connectivity index is 1.61. The van der Waals surface area contributed by atoms with Crippen molar-refractivity contribution in [3.05, 3.63) is 66.2 Å². The molecule has 1 amide bonds. The first kappa shape index (κ1) is 16.6. The first-order chi connectivity index (χ1) is 11.7. The average Bonchev–Trinajstić information content (AvgIpc) is 3.11. The number of nitrogens with one attached hydrogen (secondary N) is 1. The van der Waals surface area contributed by atoms with E-state index in [9.17, 15) is 4.79 Å². The molecule has 0 spiro atoms. The van der Waals surface area contributed by atoms with Crippen LogP contribution in [0.3, 0.4) is 0 Å². The smallest absolute Gasteiger partial charge is 0.260 e. The van der Waals surface area contributed by atoms with Crippen molar-refractivity contribution >= 4 is 5.91 Å². The molecule has 3 rings (SSSR count). The fourth-order valence-corrected chi connectivity index (χ4v) is 3.57. The topological polar surface area (TPSA) is 38.3 Å². The molecule has 2 aromatic carbocycles. The summed E-state index contributed by atoms with van der Waals surface area (Å²) in [5.41, 5.74) is 1.41. The average molecular weight is 323 g/mol. The first-order valence-electron chi connectivity index (χ1n) is 8.75. The molecular formula is C21H25NO2. The van der Waals surface area contributed by atoms with Gasteiger partial charge in [-0.25, -0.2) is 0 Å². The summed E-state index contributed by atoms with van der Waals surface area (Å²) < 4.78 is 5.72. The van der Waals surface area contributed by atoms with E-state index in [0.29, 0.717) is 6.54 Å². The van der Waals surface area contributed by atoms with Gasteiger partial charge in [-0.2, -0.15) is 0 Å². The Labute approximate surface area is 144 Å². The van der Waals surface area contributed by atoms with Gasteiger partial charge < -0.3 is 10.1 Å². The van der Waals surface area contributed by atoms with E-state index >= 15 is 0 Å². The number of ether oxygens (including phenoxy) is 1. The Morgan fingerprint density at radius 1 is 1.04 bits per heavy atom. The summed E-state index contributed by atoms with van der Waals surface area (Å²) in [7, 11) is 0. The van der Waals surface area contributed by atoms with Gasteiger partial charge in [0.1, 0.15) is 5.75 Å². The van der Waals surface area contributed by atoms with Crippen molar-refractivity contribution < 1.29 is 9.53 Å². The summed E-state index contributed by atoms with van der Waals surface area (Å²) in [4.78, 5) is 12.4. The Bertz CT molecular complexity index is 648. The van der Waals surface area contributed by atoms with Crippen LogP contribution in [0.15, 0.2) is 60.7 Å². The number of carbonyl (C=O) groups excluding carboxylic acids is 1. The van der Waals surface area contributed by atoms with Gasteiger partial charge in [-0.05, 0) is 37.5 Å². The van der Waals surface area contributed by atoms with Crippen molar-refractivity contribution in [2.24, 2.45) is 0 Å². The Morgan fingerprint density at radius 3 is 2.25 bits per heavy atom. The lowest BCUT2D eigenvalue weighted by Crippen LogP contribution is -2.44. The van der Waals surface area contributed by atoms with Crippen LogP contribution >= 0.6 is 0 Å². The first-order valence-corrected chi connectivity index (χ1v) is 8.75. The van der Waals surface area contributed by atoms with Gasteiger partial charge in [-0.1, -0.05) is 61.4 Å². The molecule has 1 aliphatic carbocycles. The van der Waals surface area contributed by atoms with E-state index in [-0.39, 0.29) is 11.3 Å². The summed E-state index contributed by atoms with van der Waals surface area (Å²) >= 11 is 0. The molecule has 1 saturated carbocycles. The molecule has 3 nitrogen and oxygen atoms in total. The molecule has 0 radical (unpaired) electrons. The molecule has 0 aliphatic heterocycles. The number of benzene rings is 2. The van der Waals surface area contributed by atoms with Gasteiger partial charge in [-0.15, -0.1) is 0 Å². The minimum atomic E-state index is -0.498. The fourth-order valence-electron chi connectivity index (χ4n) is 3.57. The van der Waals surface area contributed by atoms with E-state index in [0.717, 1.165) is 18.6 Å². The molecule has 24 heavy (non-hydrogen) atoms. The van der Waals surface area contributed by atoms with E-state index in [1.165, 1.54) is 18.4 Å². The van der Waals surface area contributed by atoms with Crippen LogP contribution < -0.4 is 10.1 Å². The zero-order chi connectivity index (χ0) is 16.8. The molecule has 1 N–H and O–H groups in total. The van der Waals surface area contributed by atoms with Gasteiger partial charge >= 0.3 is 0 Å². The second-order valence-corrected chi connectivity index (χ2v) is 6.64. The van der Waals surface area contributed by atoms with Crippen LogP contribution in [-0.4, -0.2) is 18.6 Å². The molecule has 0 bridgehead atoms. The molecule has 0 heterocycles. The maximum Gasteiger partial charge on any atom is 0.260 e. The van der Waals surface area contributed by atoms with Crippen LogP contribution in [0.2, 0.25) is 0 Å². The maximum atomic E-state index is 12.4. The van der Waals surface area contributed by atoms with Crippen LogP contribution in [0.5, 0.6) is 5.75 Å². The standard InChI is InChI=1S/C21H25NO2/c1-17(24-19-12-6-3-7-13-19)20(23)22-16-21(14-8-9-15-21)18-10-4-2-5-11-18/h2-7,10-13,17H,8-9,14-16H2,1H3,(H,22,23). The van der Waals surface area contributed by atoms with Gasteiger partial charge in [0.2, 0.25) is 0 Å². The molecule has 2 aromatic rings. The highest BCUT2D eigenvalue weighted by Gasteiger charge is 2.36. The number of amides is 1. The summed E-state index contributed by atoms with van der Waals surface area (Å²) in [5, 5.41) is 3.12. The van der Waals surface area contributed by atoms with Crippen LogP contribution in [0.1, 0.15) is 38.2 Å². The van der Waals surface area contributed by atoms with Gasteiger partial charge in [-0.3, -0.25) is 4.79 Å². The number of hydrogen-bond donors (Lipinski definition) is 1. The summed E-state index contributed by atoms with van der Waals surface area (Å²) in [5.74, 6) is 0.667. The van der Waals surface area contributed by atoms with E-state index in [2.05, 4.69) is 29.6 Å². The largest absolute Gasteiger partial charge is 0.481 e. The molecule has 0 aromatic heterocycles. The van der Waals surface area contributed by atoms with Crippen LogP contribution in [-0.2, 0) is 10.2 Å². The van der Waals surface area contributed by atoms with E-state index in [1.54, 1.807) is 6.92 Å². The van der Waals surface area contributed by atoms with Crippen LogP contribution in [0.25, 0.3) is 0 Å². The normalized spacial score (nSPS) is 17.2. The Kier molecular flexibility index (Phi) is 5.19. The minimum absolute atomic E-state index is 0.0546. The molecule has 3 heteroatoms. The predicted molar refractivity (Wildman–Crippen MR) is 96.1 cm³/mol. The summed E-state index contributed by atoms with van der Waals surface area (Å²) in [6, 6.07) is 20.0. The van der Waals surface area contributed by atoms with Crippen molar-refractivity contribution in [3.63, 3.8) is 0 Å². The van der Waals surface area contributed by atoms with Gasteiger partial charge in [0.25, 0.3) is 5.91 Å². The SMILES string of the molecule is CC(Oc1ccccc1)C(=O)NCC1(c2ccccc2)CCCC1. The van der Waals surface area contributed by atoms with E-state index in [1.807, 2.05) is 36.4 Å². The van der Waals surface area contributed by atoms with Crippen molar-refractivity contribution in [2.45, 2.75) is 44.1 Å². The lowest BCUT2D eigenvalue weighted by molar-refractivity contribution is -0.127. The molecule has 126 valence electrons. The molecule has 0 saturated heterocycles. The maximum absolute atomic E-state index is 12.4. The third-order valence-electron chi connectivity index (χ3n) is 4.97. The zero-order valence-electron chi connectivity index (χ0n) is 14.2. The van der Waals surface area contributed by atoms with Crippen LogP contribution in [0, 0.1) is 0 Å². The van der Waals surface area contributed by atoms with Crippen molar-refractivity contribution in [3.8, 4) is 5.75 Å². The highest BCUT2D eigenvalue weighted by molar-refractivity contribution is 5.80. The Morgan fingerprint density at radius 2 is 1.62 bits per heavy atom. The van der Waals surface area contributed by atoms with Gasteiger partial charge in [0.15, 0.2) is 6.10 Å². The fraction of sp³-hybridized carbons (Fsp3) is 0.381. The minimum Gasteiger partial charge on any atom is -0.481 e. The Hall–Kier alpha value is -2.29. The van der Waals surface area contributed by atoms with Crippen molar-refractivity contribution in [1.29, 1.82) is 0 Å². The van der Waals surface area contributed by atoms with E-state index in [4.69, 9.17) is 4.74 Å². The third-order valence-corrected chi connectivity index (χ3v) is 4.97. The van der Waals surface area contributed by atoms with Gasteiger partial charge in [0, 0.05) is 12.0 Å². The summed E-state index contributed by atoms with van der Waals surface area (Å²) in [6.45, 7) is 2.48. The molecule has 1 atom stereocenters. The second kappa shape index (κ2) is 7.52. The number of carbonyl (C=O) groups is 1. The van der Waals surface area contributed by atoms with Crippen molar-refractivity contribution in [2.75, 3.05) is 6.54 Å². The van der Waals surface area contributed by atoms with Crippen LogP contribution in [0.4, 0.5) is 0 Å². The predicted octanol–water partition coefficient (Wildman–Crippen LogP) is 4.08. The quantitative estimate of drug-likeness (QED) is 0.870. The third kappa shape index (κ3) is 3.78. The number of rotatable bonds is 6. The van der Waals surface area contributed by atoms with Gasteiger partial charge in [0.05, 0.1) is 0 Å². The second-order valence-electron chi connectivity index (χ2n) is 6.64. The molecule has 1 fully saturated rings. The summed E-state index contributed by atoms with van der Waals surface area (Å²) in [6.07, 6.45) is 4.21. The lowest BCUT2D eigenvalue weighted by atomic mass is 9.79. The lowest BCUT2D eigenvalue weighted by Gasteiger charge is -2.30. The zero-order valence-corrected chi connectivity index (χ0v) is 14.2. The monoisotopic (exact) mass is 323 g/mol. The highest BCUT2D eigenvalue weighted by Crippen LogP contribution is 2.40. The van der Waals surface area contributed by atoms with E-state index < -0.39 is 6.10 Å².